The van der Waals surface area contributed by atoms with E-state index >= 15 is 0 Å². The van der Waals surface area contributed by atoms with Gasteiger partial charge < -0.3 is 20.1 Å². The standard InChI is InChI=1S/C17H13F2N5O2/c18-11-2-1-3-12(19)16(11)23-17-22-15(8-21-24-17)20-7-10-4-5-13-14(6-10)26-9-25-13/h1-6,8H,7,9H2,(H2,20,22,23,24). The average Bonchev–Trinajstić information content (AvgIpc) is 3.11. The number of ether oxygens (including phenoxy) is 2. The summed E-state index contributed by atoms with van der Waals surface area (Å²) in [6.45, 7) is 0.659. The highest BCUT2D eigenvalue weighted by Gasteiger charge is 2.13. The van der Waals surface area contributed by atoms with Crippen LogP contribution in [0.1, 0.15) is 5.56 Å². The molecule has 4 rings (SSSR count). The number of para-hydroxylation sites is 1. The van der Waals surface area contributed by atoms with Crippen LogP contribution in [-0.4, -0.2) is 22.0 Å². The van der Waals surface area contributed by atoms with E-state index in [0.29, 0.717) is 23.9 Å². The molecule has 26 heavy (non-hydrogen) atoms. The number of nitrogens with one attached hydrogen (secondary N) is 2. The molecular formula is C17H13F2N5O2. The van der Waals surface area contributed by atoms with Crippen LogP contribution in [-0.2, 0) is 6.54 Å². The van der Waals surface area contributed by atoms with Gasteiger partial charge in [-0.2, -0.15) is 10.1 Å². The van der Waals surface area contributed by atoms with E-state index in [0.717, 1.165) is 17.7 Å². The van der Waals surface area contributed by atoms with Gasteiger partial charge in [0.25, 0.3) is 0 Å². The van der Waals surface area contributed by atoms with Crippen LogP contribution in [0.2, 0.25) is 0 Å². The Morgan fingerprint density at radius 2 is 1.85 bits per heavy atom. The molecule has 7 nitrogen and oxygen atoms in total. The van der Waals surface area contributed by atoms with Gasteiger partial charge in [-0.05, 0) is 29.8 Å². The predicted octanol–water partition coefficient (Wildman–Crippen LogP) is 3.23. The molecule has 1 aliphatic rings. The first-order valence-corrected chi connectivity index (χ1v) is 7.72. The van der Waals surface area contributed by atoms with Crippen molar-refractivity contribution < 1.29 is 18.3 Å². The molecule has 0 radical (unpaired) electrons. The number of nitrogens with zero attached hydrogens (tertiary/aromatic N) is 3. The van der Waals surface area contributed by atoms with E-state index in [1.807, 2.05) is 18.2 Å². The fraction of sp³-hybridized carbons (Fsp3) is 0.118. The molecule has 1 aromatic heterocycles. The molecule has 0 amide bonds. The third-order valence-corrected chi connectivity index (χ3v) is 3.67. The van der Waals surface area contributed by atoms with E-state index < -0.39 is 11.6 Å². The van der Waals surface area contributed by atoms with E-state index in [1.54, 1.807) is 0 Å². The third-order valence-electron chi connectivity index (χ3n) is 3.67. The summed E-state index contributed by atoms with van der Waals surface area (Å²) >= 11 is 0. The van der Waals surface area contributed by atoms with Gasteiger partial charge in [0.2, 0.25) is 12.7 Å². The first-order valence-electron chi connectivity index (χ1n) is 7.72. The van der Waals surface area contributed by atoms with Crippen LogP contribution in [0, 0.1) is 11.6 Å². The van der Waals surface area contributed by atoms with Crippen molar-refractivity contribution in [3.05, 3.63) is 59.8 Å². The van der Waals surface area contributed by atoms with Gasteiger partial charge in [0.1, 0.15) is 17.3 Å². The van der Waals surface area contributed by atoms with Crippen molar-refractivity contribution in [2.45, 2.75) is 6.54 Å². The molecule has 132 valence electrons. The van der Waals surface area contributed by atoms with Crippen molar-refractivity contribution in [2.24, 2.45) is 0 Å². The zero-order chi connectivity index (χ0) is 17.9. The summed E-state index contributed by atoms with van der Waals surface area (Å²) in [5.74, 6) is 0.277. The van der Waals surface area contributed by atoms with Gasteiger partial charge >= 0.3 is 0 Å². The number of anilines is 3. The SMILES string of the molecule is Fc1cccc(F)c1Nc1nncc(NCc2ccc3c(c2)OCO3)n1. The van der Waals surface area contributed by atoms with E-state index in [-0.39, 0.29) is 18.4 Å². The molecule has 9 heteroatoms. The van der Waals surface area contributed by atoms with Crippen LogP contribution < -0.4 is 20.1 Å². The van der Waals surface area contributed by atoms with Gasteiger partial charge in [-0.25, -0.2) is 8.78 Å². The quantitative estimate of drug-likeness (QED) is 0.725. The Labute approximate surface area is 147 Å². The molecule has 3 aromatic rings. The third kappa shape index (κ3) is 3.32. The molecule has 2 aromatic carbocycles. The van der Waals surface area contributed by atoms with Crippen molar-refractivity contribution in [2.75, 3.05) is 17.4 Å². The van der Waals surface area contributed by atoms with Gasteiger partial charge in [-0.15, -0.1) is 5.10 Å². The molecule has 0 saturated heterocycles. The summed E-state index contributed by atoms with van der Waals surface area (Å²) in [6, 6.07) is 9.13. The lowest BCUT2D eigenvalue weighted by Gasteiger charge is -2.09. The number of hydrogen-bond acceptors (Lipinski definition) is 7. The van der Waals surface area contributed by atoms with Gasteiger partial charge in [-0.1, -0.05) is 12.1 Å². The molecule has 2 N–H and O–H groups in total. The topological polar surface area (TPSA) is 81.2 Å². The second-order valence-corrected chi connectivity index (χ2v) is 5.43. The number of halogens is 2. The zero-order valence-electron chi connectivity index (χ0n) is 13.4. The number of fused-ring (bicyclic) bond motifs is 1. The lowest BCUT2D eigenvalue weighted by molar-refractivity contribution is 0.174. The van der Waals surface area contributed by atoms with Gasteiger partial charge in [-0.3, -0.25) is 0 Å². The monoisotopic (exact) mass is 357 g/mol. The van der Waals surface area contributed by atoms with Crippen molar-refractivity contribution in [3.63, 3.8) is 0 Å². The minimum Gasteiger partial charge on any atom is -0.454 e. The number of benzene rings is 2. The predicted molar refractivity (Wildman–Crippen MR) is 89.4 cm³/mol. The van der Waals surface area contributed by atoms with E-state index in [1.165, 1.54) is 12.3 Å². The number of rotatable bonds is 5. The Morgan fingerprint density at radius 1 is 1.04 bits per heavy atom. The van der Waals surface area contributed by atoms with Crippen LogP contribution in [0.15, 0.2) is 42.6 Å². The first-order chi connectivity index (χ1) is 12.7. The summed E-state index contributed by atoms with van der Waals surface area (Å²) in [5, 5.41) is 13.1. The van der Waals surface area contributed by atoms with Crippen LogP contribution in [0.3, 0.4) is 0 Å². The summed E-state index contributed by atoms with van der Waals surface area (Å²) in [6.07, 6.45) is 1.41. The molecule has 2 heterocycles. The molecule has 0 bridgehead atoms. The highest BCUT2D eigenvalue weighted by atomic mass is 19.1. The summed E-state index contributed by atoms with van der Waals surface area (Å²) < 4.78 is 38.0. The maximum atomic E-state index is 13.7. The van der Waals surface area contributed by atoms with Crippen molar-refractivity contribution in [1.29, 1.82) is 0 Å². The number of hydrogen-bond donors (Lipinski definition) is 2. The Bertz CT molecular complexity index is 934. The molecule has 1 aliphatic heterocycles. The maximum Gasteiger partial charge on any atom is 0.249 e. The van der Waals surface area contributed by atoms with Crippen molar-refractivity contribution in [1.82, 2.24) is 15.2 Å². The molecule has 0 spiro atoms. The normalized spacial score (nSPS) is 12.1. The fourth-order valence-electron chi connectivity index (χ4n) is 2.41. The molecule has 0 aliphatic carbocycles. The molecule has 0 unspecified atom stereocenters. The molecular weight excluding hydrogens is 344 g/mol. The van der Waals surface area contributed by atoms with Crippen LogP contribution in [0.25, 0.3) is 0 Å². The first kappa shape index (κ1) is 16.0. The minimum atomic E-state index is -0.743. The fourth-order valence-corrected chi connectivity index (χ4v) is 2.41. The van der Waals surface area contributed by atoms with E-state index in [4.69, 9.17) is 9.47 Å². The molecule has 0 fully saturated rings. The molecule has 0 atom stereocenters. The van der Waals surface area contributed by atoms with Crippen molar-refractivity contribution in [3.8, 4) is 11.5 Å². The van der Waals surface area contributed by atoms with Crippen molar-refractivity contribution >= 4 is 17.5 Å². The van der Waals surface area contributed by atoms with Gasteiger partial charge in [0.15, 0.2) is 17.3 Å². The number of aromatic nitrogens is 3. The van der Waals surface area contributed by atoms with Gasteiger partial charge in [0.05, 0.1) is 6.20 Å². The lowest BCUT2D eigenvalue weighted by atomic mass is 10.2. The van der Waals surface area contributed by atoms with Gasteiger partial charge in [0, 0.05) is 6.54 Å². The highest BCUT2D eigenvalue weighted by Crippen LogP contribution is 2.32. The highest BCUT2D eigenvalue weighted by molar-refractivity contribution is 5.55. The molecule has 0 saturated carbocycles. The Morgan fingerprint density at radius 3 is 2.69 bits per heavy atom. The van der Waals surface area contributed by atoms with E-state index in [9.17, 15) is 8.78 Å². The zero-order valence-corrected chi connectivity index (χ0v) is 13.4. The van der Waals surface area contributed by atoms with E-state index in [2.05, 4.69) is 25.8 Å². The largest absolute Gasteiger partial charge is 0.454 e. The second kappa shape index (κ2) is 6.79. The minimum absolute atomic E-state index is 0.0234. The van der Waals surface area contributed by atoms with Crippen LogP contribution in [0.5, 0.6) is 11.5 Å². The summed E-state index contributed by atoms with van der Waals surface area (Å²) in [5.41, 5.74) is 0.616. The smallest absolute Gasteiger partial charge is 0.249 e. The summed E-state index contributed by atoms with van der Waals surface area (Å²) in [4.78, 5) is 4.15. The maximum absolute atomic E-state index is 13.7. The van der Waals surface area contributed by atoms with Crippen LogP contribution >= 0.6 is 0 Å². The average molecular weight is 357 g/mol. The second-order valence-electron chi connectivity index (χ2n) is 5.43. The summed E-state index contributed by atoms with van der Waals surface area (Å²) in [7, 11) is 0. The Kier molecular flexibility index (Phi) is 4.18. The Balaban J connectivity index is 1.46. The Hall–Kier alpha value is -3.49. The van der Waals surface area contributed by atoms with Crippen LogP contribution in [0.4, 0.5) is 26.2 Å². The lowest BCUT2D eigenvalue weighted by Crippen LogP contribution is -2.07.